The lowest BCUT2D eigenvalue weighted by Gasteiger charge is -2.24. The zero-order valence-electron chi connectivity index (χ0n) is 12.4. The van der Waals surface area contributed by atoms with Gasteiger partial charge in [0.2, 0.25) is 5.91 Å². The van der Waals surface area contributed by atoms with Crippen molar-refractivity contribution < 1.29 is 13.4 Å². The monoisotopic (exact) mass is 349 g/mol. The Bertz CT molecular complexity index is 742. The minimum Gasteiger partial charge on any atom is -0.337 e. The SMILES string of the molecule is O=C(C=Cc1ccc(-c2ccc(F)cc2)s1)N1CCS(=O)CC1. The molecule has 0 unspecified atom stereocenters. The number of hydrogen-bond acceptors (Lipinski definition) is 3. The summed E-state index contributed by atoms with van der Waals surface area (Å²) < 4.78 is 24.3. The van der Waals surface area contributed by atoms with Gasteiger partial charge in [0.05, 0.1) is 0 Å². The molecule has 1 amide bonds. The van der Waals surface area contributed by atoms with Crippen LogP contribution in [0.2, 0.25) is 0 Å². The van der Waals surface area contributed by atoms with Gasteiger partial charge in [-0.2, -0.15) is 0 Å². The summed E-state index contributed by atoms with van der Waals surface area (Å²) in [7, 11) is -0.780. The van der Waals surface area contributed by atoms with Crippen LogP contribution in [-0.2, 0) is 15.6 Å². The Hall–Kier alpha value is -1.79. The molecule has 1 fully saturated rings. The Labute approximate surface area is 140 Å². The lowest BCUT2D eigenvalue weighted by molar-refractivity contribution is -0.125. The van der Waals surface area contributed by atoms with Crippen LogP contribution in [0.1, 0.15) is 4.88 Å². The molecular formula is C17H16FNO2S2. The molecule has 0 atom stereocenters. The van der Waals surface area contributed by atoms with Gasteiger partial charge in [0.1, 0.15) is 5.82 Å². The Balaban J connectivity index is 1.65. The molecule has 1 aromatic heterocycles. The molecule has 2 heterocycles. The molecule has 1 aliphatic rings. The average molecular weight is 349 g/mol. The molecule has 3 nitrogen and oxygen atoms in total. The predicted molar refractivity (Wildman–Crippen MR) is 93.2 cm³/mol. The van der Waals surface area contributed by atoms with E-state index in [0.29, 0.717) is 24.6 Å². The lowest BCUT2D eigenvalue weighted by Crippen LogP contribution is -2.40. The van der Waals surface area contributed by atoms with Gasteiger partial charge in [-0.25, -0.2) is 4.39 Å². The van der Waals surface area contributed by atoms with E-state index in [1.54, 1.807) is 40.5 Å². The highest BCUT2D eigenvalue weighted by molar-refractivity contribution is 7.85. The number of nitrogens with zero attached hydrogens (tertiary/aromatic N) is 1. The maximum Gasteiger partial charge on any atom is 0.246 e. The minimum absolute atomic E-state index is 0.0431. The quantitative estimate of drug-likeness (QED) is 0.798. The van der Waals surface area contributed by atoms with E-state index in [-0.39, 0.29) is 11.7 Å². The highest BCUT2D eigenvalue weighted by Gasteiger charge is 2.17. The molecular weight excluding hydrogens is 333 g/mol. The zero-order chi connectivity index (χ0) is 16.2. The Kier molecular flexibility index (Phi) is 5.03. The first kappa shape index (κ1) is 16.1. The molecule has 0 aliphatic carbocycles. The van der Waals surface area contributed by atoms with Crippen molar-refractivity contribution in [3.63, 3.8) is 0 Å². The highest BCUT2D eigenvalue weighted by atomic mass is 32.2. The molecule has 0 saturated carbocycles. The van der Waals surface area contributed by atoms with Crippen LogP contribution in [0.15, 0.2) is 42.5 Å². The van der Waals surface area contributed by atoms with Crippen LogP contribution in [-0.4, -0.2) is 39.6 Å². The number of carbonyl (C=O) groups is 1. The fraction of sp³-hybridized carbons (Fsp3) is 0.235. The third-order valence-electron chi connectivity index (χ3n) is 3.64. The van der Waals surface area contributed by atoms with Crippen LogP contribution in [0.5, 0.6) is 0 Å². The smallest absolute Gasteiger partial charge is 0.246 e. The number of carbonyl (C=O) groups excluding carboxylic acids is 1. The number of rotatable bonds is 3. The standard InChI is InChI=1S/C17H16FNO2S2/c18-14-3-1-13(2-4-14)16-7-5-15(22-16)6-8-17(20)19-9-11-23(21)12-10-19/h1-8H,9-12H2. The van der Waals surface area contributed by atoms with E-state index in [0.717, 1.165) is 15.3 Å². The summed E-state index contributed by atoms with van der Waals surface area (Å²) in [4.78, 5) is 15.8. The maximum atomic E-state index is 12.9. The number of benzene rings is 1. The third kappa shape index (κ3) is 4.14. The van der Waals surface area contributed by atoms with Crippen molar-refractivity contribution in [2.24, 2.45) is 0 Å². The van der Waals surface area contributed by atoms with Gasteiger partial charge in [-0.15, -0.1) is 11.3 Å². The summed E-state index contributed by atoms with van der Waals surface area (Å²) in [6, 6.07) is 10.3. The number of halogens is 1. The largest absolute Gasteiger partial charge is 0.337 e. The fourth-order valence-corrected chi connectivity index (χ4v) is 4.30. The molecule has 0 bridgehead atoms. The topological polar surface area (TPSA) is 37.4 Å². The lowest BCUT2D eigenvalue weighted by atomic mass is 10.2. The minimum atomic E-state index is -0.780. The van der Waals surface area contributed by atoms with Crippen LogP contribution >= 0.6 is 11.3 Å². The van der Waals surface area contributed by atoms with E-state index in [2.05, 4.69) is 0 Å². The van der Waals surface area contributed by atoms with E-state index in [4.69, 9.17) is 0 Å². The van der Waals surface area contributed by atoms with Crippen molar-refractivity contribution in [3.05, 3.63) is 53.2 Å². The second kappa shape index (κ2) is 7.19. The first-order valence-corrected chi connectivity index (χ1v) is 9.60. The van der Waals surface area contributed by atoms with E-state index in [1.165, 1.54) is 12.1 Å². The molecule has 1 saturated heterocycles. The average Bonchev–Trinajstić information content (AvgIpc) is 3.03. The Morgan fingerprint density at radius 3 is 2.52 bits per heavy atom. The molecule has 1 aliphatic heterocycles. The van der Waals surface area contributed by atoms with E-state index < -0.39 is 10.8 Å². The molecule has 0 radical (unpaired) electrons. The summed E-state index contributed by atoms with van der Waals surface area (Å²) in [6.07, 6.45) is 3.36. The number of hydrogen-bond donors (Lipinski definition) is 0. The molecule has 0 spiro atoms. The maximum absolute atomic E-state index is 12.9. The van der Waals surface area contributed by atoms with Crippen molar-refractivity contribution in [3.8, 4) is 10.4 Å². The Morgan fingerprint density at radius 1 is 1.13 bits per heavy atom. The second-order valence-electron chi connectivity index (χ2n) is 5.22. The summed E-state index contributed by atoms with van der Waals surface area (Å²) in [5.74, 6) is 0.831. The van der Waals surface area contributed by atoms with Crippen molar-refractivity contribution in [2.45, 2.75) is 0 Å². The van der Waals surface area contributed by atoms with E-state index in [9.17, 15) is 13.4 Å². The molecule has 120 valence electrons. The van der Waals surface area contributed by atoms with Gasteiger partial charge in [-0.05, 0) is 35.9 Å². The van der Waals surface area contributed by atoms with Crippen LogP contribution in [0, 0.1) is 5.82 Å². The van der Waals surface area contributed by atoms with Crippen LogP contribution < -0.4 is 0 Å². The van der Waals surface area contributed by atoms with Crippen LogP contribution in [0.4, 0.5) is 4.39 Å². The summed E-state index contributed by atoms with van der Waals surface area (Å²) in [5, 5.41) is 0. The molecule has 3 rings (SSSR count). The fourth-order valence-electron chi connectivity index (χ4n) is 2.33. The zero-order valence-corrected chi connectivity index (χ0v) is 14.0. The van der Waals surface area contributed by atoms with Crippen LogP contribution in [0.3, 0.4) is 0 Å². The summed E-state index contributed by atoms with van der Waals surface area (Å²) in [6.45, 7) is 1.11. The van der Waals surface area contributed by atoms with E-state index >= 15 is 0 Å². The summed E-state index contributed by atoms with van der Waals surface area (Å²) in [5.41, 5.74) is 0.959. The Morgan fingerprint density at radius 2 is 1.83 bits per heavy atom. The second-order valence-corrected chi connectivity index (χ2v) is 8.03. The van der Waals surface area contributed by atoms with Gasteiger partial charge in [-0.3, -0.25) is 9.00 Å². The van der Waals surface area contributed by atoms with Gasteiger partial charge in [-0.1, -0.05) is 12.1 Å². The van der Waals surface area contributed by atoms with Crippen molar-refractivity contribution >= 4 is 34.1 Å². The third-order valence-corrected chi connectivity index (χ3v) is 6.01. The predicted octanol–water partition coefficient (Wildman–Crippen LogP) is 3.16. The van der Waals surface area contributed by atoms with Gasteiger partial charge >= 0.3 is 0 Å². The normalized spacial score (nSPS) is 16.1. The van der Waals surface area contributed by atoms with Crippen LogP contribution in [0.25, 0.3) is 16.5 Å². The van der Waals surface area contributed by atoms with Crippen molar-refractivity contribution in [2.75, 3.05) is 24.6 Å². The first-order chi connectivity index (χ1) is 11.1. The first-order valence-electron chi connectivity index (χ1n) is 7.29. The van der Waals surface area contributed by atoms with Gasteiger partial charge in [0, 0.05) is 51.2 Å². The molecule has 2 aromatic rings. The van der Waals surface area contributed by atoms with Crippen molar-refractivity contribution in [1.29, 1.82) is 0 Å². The summed E-state index contributed by atoms with van der Waals surface area (Å²) >= 11 is 1.55. The molecule has 0 N–H and O–H groups in total. The van der Waals surface area contributed by atoms with Gasteiger partial charge in [0.15, 0.2) is 0 Å². The molecule has 6 heteroatoms. The van der Waals surface area contributed by atoms with Gasteiger partial charge < -0.3 is 4.90 Å². The molecule has 1 aromatic carbocycles. The molecule has 23 heavy (non-hydrogen) atoms. The number of thiophene rings is 1. The van der Waals surface area contributed by atoms with Crippen molar-refractivity contribution in [1.82, 2.24) is 4.90 Å². The number of amides is 1. The van der Waals surface area contributed by atoms with Gasteiger partial charge in [0.25, 0.3) is 0 Å². The highest BCUT2D eigenvalue weighted by Crippen LogP contribution is 2.28. The van der Waals surface area contributed by atoms with E-state index in [1.807, 2.05) is 12.1 Å².